The molecule has 0 atom stereocenters. The molecule has 0 radical (unpaired) electrons. The maximum atomic E-state index is 12.8. The molecule has 1 aromatic heterocycles. The van der Waals surface area contributed by atoms with Crippen LogP contribution in [0.1, 0.15) is 42.9 Å². The van der Waals surface area contributed by atoms with E-state index in [-0.39, 0.29) is 11.8 Å². The smallest absolute Gasteiger partial charge is 0.367 e. The molecule has 0 amide bonds. The number of aromatic nitrogens is 1. The summed E-state index contributed by atoms with van der Waals surface area (Å²) >= 11 is 0. The molecule has 1 aliphatic carbocycles. The fourth-order valence-corrected chi connectivity index (χ4v) is 2.93. The Labute approximate surface area is 119 Å². The van der Waals surface area contributed by atoms with Crippen molar-refractivity contribution in [2.24, 2.45) is 0 Å². The first kappa shape index (κ1) is 14.0. The van der Waals surface area contributed by atoms with E-state index in [1.54, 1.807) is 6.07 Å². The summed E-state index contributed by atoms with van der Waals surface area (Å²) in [7, 11) is 0. The van der Waals surface area contributed by atoms with Gasteiger partial charge in [0.15, 0.2) is 0 Å². The number of nitrogen functional groups attached to an aromatic ring is 1. The molecule has 6 heteroatoms. The molecule has 21 heavy (non-hydrogen) atoms. The Bertz CT molecular complexity index is 643. The topological polar surface area (TPSA) is 52.0 Å². The molecule has 112 valence electrons. The first-order valence-corrected chi connectivity index (χ1v) is 6.89. The first-order valence-electron chi connectivity index (χ1n) is 6.89. The van der Waals surface area contributed by atoms with Crippen molar-refractivity contribution in [3.63, 3.8) is 0 Å². The lowest BCUT2D eigenvalue weighted by molar-refractivity contribution is -0.137. The summed E-state index contributed by atoms with van der Waals surface area (Å²) in [5.41, 5.74) is 6.69. The van der Waals surface area contributed by atoms with E-state index in [2.05, 4.69) is 5.16 Å². The third-order valence-corrected chi connectivity index (χ3v) is 3.97. The van der Waals surface area contributed by atoms with E-state index < -0.39 is 11.7 Å². The van der Waals surface area contributed by atoms with Crippen molar-refractivity contribution in [2.75, 3.05) is 5.73 Å². The van der Waals surface area contributed by atoms with E-state index in [4.69, 9.17) is 10.3 Å². The van der Waals surface area contributed by atoms with E-state index in [1.165, 1.54) is 6.07 Å². The number of nitrogens with zero attached hydrogens (tertiary/aromatic N) is 1. The molecule has 1 fully saturated rings. The second kappa shape index (κ2) is 5.09. The van der Waals surface area contributed by atoms with Crippen LogP contribution < -0.4 is 5.73 Å². The SMILES string of the molecule is Nc1onc(C2CCCC2)c1-c1cccc(C(F)(F)F)c1. The highest BCUT2D eigenvalue weighted by molar-refractivity contribution is 5.76. The first-order chi connectivity index (χ1) is 9.97. The Morgan fingerprint density at radius 3 is 2.57 bits per heavy atom. The Kier molecular flexibility index (Phi) is 3.39. The number of benzene rings is 1. The maximum absolute atomic E-state index is 12.8. The predicted octanol–water partition coefficient (Wildman–Crippen LogP) is 4.60. The van der Waals surface area contributed by atoms with Gasteiger partial charge in [0, 0.05) is 5.92 Å². The highest BCUT2D eigenvalue weighted by atomic mass is 19.4. The van der Waals surface area contributed by atoms with Gasteiger partial charge in [0.25, 0.3) is 0 Å². The van der Waals surface area contributed by atoms with Gasteiger partial charge < -0.3 is 10.3 Å². The molecule has 3 rings (SSSR count). The van der Waals surface area contributed by atoms with Crippen LogP contribution in [-0.2, 0) is 6.18 Å². The van der Waals surface area contributed by atoms with Crippen molar-refractivity contribution >= 4 is 5.88 Å². The van der Waals surface area contributed by atoms with Gasteiger partial charge in [0.1, 0.15) is 0 Å². The van der Waals surface area contributed by atoms with Gasteiger partial charge in [-0.3, -0.25) is 0 Å². The minimum atomic E-state index is -4.38. The van der Waals surface area contributed by atoms with Crippen LogP contribution in [0.25, 0.3) is 11.1 Å². The lowest BCUT2D eigenvalue weighted by atomic mass is 9.95. The molecular formula is C15H15F3N2O. The number of hydrogen-bond acceptors (Lipinski definition) is 3. The fraction of sp³-hybridized carbons (Fsp3) is 0.400. The predicted molar refractivity (Wildman–Crippen MR) is 72.6 cm³/mol. The van der Waals surface area contributed by atoms with Gasteiger partial charge in [-0.05, 0) is 30.5 Å². The minimum Gasteiger partial charge on any atom is -0.367 e. The Morgan fingerprint density at radius 1 is 1.19 bits per heavy atom. The number of anilines is 1. The molecule has 2 aromatic rings. The molecule has 3 nitrogen and oxygen atoms in total. The Morgan fingerprint density at radius 2 is 1.90 bits per heavy atom. The van der Waals surface area contributed by atoms with Gasteiger partial charge in [0.2, 0.25) is 5.88 Å². The number of halogens is 3. The molecule has 0 aliphatic heterocycles. The Hall–Kier alpha value is -1.98. The number of nitrogens with two attached hydrogens (primary N) is 1. The summed E-state index contributed by atoms with van der Waals surface area (Å²) < 4.78 is 43.6. The number of alkyl halides is 3. The molecule has 2 N–H and O–H groups in total. The lowest BCUT2D eigenvalue weighted by Crippen LogP contribution is -2.05. The molecule has 0 bridgehead atoms. The molecule has 1 saturated carbocycles. The van der Waals surface area contributed by atoms with Crippen LogP contribution in [-0.4, -0.2) is 5.16 Å². The average molecular weight is 296 g/mol. The zero-order valence-electron chi connectivity index (χ0n) is 11.3. The van der Waals surface area contributed by atoms with Crippen molar-refractivity contribution < 1.29 is 17.7 Å². The summed E-state index contributed by atoms with van der Waals surface area (Å²) in [6.45, 7) is 0. The normalized spacial score (nSPS) is 16.5. The van der Waals surface area contributed by atoms with Crippen molar-refractivity contribution in [3.8, 4) is 11.1 Å². The molecule has 0 saturated heterocycles. The van der Waals surface area contributed by atoms with Crippen molar-refractivity contribution in [2.45, 2.75) is 37.8 Å². The third-order valence-electron chi connectivity index (χ3n) is 3.97. The second-order valence-corrected chi connectivity index (χ2v) is 5.37. The molecule has 0 unspecified atom stereocenters. The standard InChI is InChI=1S/C15H15F3N2O/c16-15(17,18)11-7-3-6-10(8-11)12-13(20-21-14(12)19)9-4-1-2-5-9/h3,6-9H,1-2,4-5,19H2. The third kappa shape index (κ3) is 2.62. The van der Waals surface area contributed by atoms with Crippen LogP contribution >= 0.6 is 0 Å². The van der Waals surface area contributed by atoms with Gasteiger partial charge >= 0.3 is 6.18 Å². The Balaban J connectivity index is 2.06. The van der Waals surface area contributed by atoms with Crippen LogP contribution in [0.2, 0.25) is 0 Å². The summed E-state index contributed by atoms with van der Waals surface area (Å²) in [5, 5.41) is 3.98. The summed E-state index contributed by atoms with van der Waals surface area (Å²) in [6, 6.07) is 5.13. The summed E-state index contributed by atoms with van der Waals surface area (Å²) in [4.78, 5) is 0. The summed E-state index contributed by atoms with van der Waals surface area (Å²) in [5.74, 6) is 0.298. The molecule has 1 aliphatic rings. The molecular weight excluding hydrogens is 281 g/mol. The van der Waals surface area contributed by atoms with Gasteiger partial charge in [0.05, 0.1) is 16.8 Å². The van der Waals surface area contributed by atoms with Crippen molar-refractivity contribution in [1.29, 1.82) is 0 Å². The second-order valence-electron chi connectivity index (χ2n) is 5.37. The van der Waals surface area contributed by atoms with Crippen LogP contribution in [0.4, 0.5) is 19.1 Å². The minimum absolute atomic E-state index is 0.0798. The molecule has 0 spiro atoms. The highest BCUT2D eigenvalue weighted by Gasteiger charge is 2.32. The number of rotatable bonds is 2. The van der Waals surface area contributed by atoms with Crippen molar-refractivity contribution in [3.05, 3.63) is 35.5 Å². The fourth-order valence-electron chi connectivity index (χ4n) is 2.93. The highest BCUT2D eigenvalue weighted by Crippen LogP contribution is 2.42. The van der Waals surface area contributed by atoms with E-state index in [0.29, 0.717) is 16.8 Å². The van der Waals surface area contributed by atoms with Crippen molar-refractivity contribution in [1.82, 2.24) is 5.16 Å². The largest absolute Gasteiger partial charge is 0.416 e. The van der Waals surface area contributed by atoms with Gasteiger partial charge in [-0.15, -0.1) is 0 Å². The van der Waals surface area contributed by atoms with Gasteiger partial charge in [-0.1, -0.05) is 30.1 Å². The van der Waals surface area contributed by atoms with E-state index >= 15 is 0 Å². The van der Waals surface area contributed by atoms with E-state index in [0.717, 1.165) is 37.8 Å². The van der Waals surface area contributed by atoms with E-state index in [9.17, 15) is 13.2 Å². The summed E-state index contributed by atoms with van der Waals surface area (Å²) in [6.07, 6.45) is -0.246. The monoisotopic (exact) mass is 296 g/mol. The average Bonchev–Trinajstić information content (AvgIpc) is 3.06. The molecule has 1 aromatic carbocycles. The van der Waals surface area contributed by atoms with Crippen LogP contribution in [0.3, 0.4) is 0 Å². The lowest BCUT2D eigenvalue weighted by Gasteiger charge is -2.11. The zero-order chi connectivity index (χ0) is 15.0. The molecule has 1 heterocycles. The van der Waals surface area contributed by atoms with Crippen LogP contribution in [0.15, 0.2) is 28.8 Å². The zero-order valence-corrected chi connectivity index (χ0v) is 11.3. The van der Waals surface area contributed by atoms with Gasteiger partial charge in [-0.2, -0.15) is 13.2 Å². The maximum Gasteiger partial charge on any atom is 0.416 e. The number of hydrogen-bond donors (Lipinski definition) is 1. The van der Waals surface area contributed by atoms with E-state index in [1.807, 2.05) is 0 Å². The quantitative estimate of drug-likeness (QED) is 0.881. The van der Waals surface area contributed by atoms with Crippen LogP contribution in [0.5, 0.6) is 0 Å². The van der Waals surface area contributed by atoms with Gasteiger partial charge in [-0.25, -0.2) is 0 Å². The van der Waals surface area contributed by atoms with Crippen LogP contribution in [0, 0.1) is 0 Å².